The number of ether oxygens (including phenoxy) is 1. The first-order valence-electron chi connectivity index (χ1n) is 12.0. The summed E-state index contributed by atoms with van der Waals surface area (Å²) in [6.07, 6.45) is 12.2. The molecule has 2 aliphatic carbocycles. The molecule has 2 saturated heterocycles. The first-order chi connectivity index (χ1) is 15.1. The summed E-state index contributed by atoms with van der Waals surface area (Å²) in [6.45, 7) is 1.89. The number of carboxylic acids is 1. The maximum Gasteiger partial charge on any atom is 0.410 e. The lowest BCUT2D eigenvalue weighted by atomic mass is 9.68. The maximum absolute atomic E-state index is 13.0. The van der Waals surface area contributed by atoms with Crippen LogP contribution in [0.3, 0.4) is 0 Å². The first kappa shape index (κ1) is 20.6. The molecule has 3 unspecified atom stereocenters. The molecule has 1 amide bonds. The minimum absolute atomic E-state index is 0.00847. The van der Waals surface area contributed by atoms with Crippen molar-refractivity contribution in [3.8, 4) is 0 Å². The van der Waals surface area contributed by atoms with Crippen molar-refractivity contribution in [3.05, 3.63) is 24.5 Å². The SMILES string of the molecule is O=C(O)C1CCC(C2CCCC3C2OC(=O)N3C2CCN(c3ccncc3)CC2)CC1. The average Bonchev–Trinajstić information content (AvgIpc) is 3.15. The van der Waals surface area contributed by atoms with Crippen molar-refractivity contribution in [3.63, 3.8) is 0 Å². The zero-order valence-corrected chi connectivity index (χ0v) is 18.1. The molecular weight excluding hydrogens is 394 g/mol. The molecule has 1 aromatic heterocycles. The molecular formula is C24H33N3O4. The number of rotatable bonds is 4. The third kappa shape index (κ3) is 3.99. The van der Waals surface area contributed by atoms with Crippen LogP contribution in [0, 0.1) is 17.8 Å². The number of amides is 1. The molecule has 0 radical (unpaired) electrons. The fourth-order valence-electron chi connectivity index (χ4n) is 6.63. The van der Waals surface area contributed by atoms with Gasteiger partial charge in [0.05, 0.1) is 12.0 Å². The zero-order chi connectivity index (χ0) is 21.4. The number of nitrogens with zero attached hydrogens (tertiary/aromatic N) is 3. The van der Waals surface area contributed by atoms with Crippen LogP contribution < -0.4 is 4.90 Å². The quantitative estimate of drug-likeness (QED) is 0.784. The molecule has 1 aromatic rings. The van der Waals surface area contributed by atoms with E-state index in [1.165, 1.54) is 5.69 Å². The number of aromatic nitrogens is 1. The molecule has 1 N–H and O–H groups in total. The molecule has 3 heterocycles. The normalized spacial score (nSPS) is 34.3. The molecule has 0 spiro atoms. The summed E-state index contributed by atoms with van der Waals surface area (Å²) in [7, 11) is 0. The number of piperidine rings is 1. The lowest BCUT2D eigenvalue weighted by Gasteiger charge is -2.43. The highest BCUT2D eigenvalue weighted by atomic mass is 16.6. The van der Waals surface area contributed by atoms with Crippen LogP contribution in [0.25, 0.3) is 0 Å². The van der Waals surface area contributed by atoms with Crippen LogP contribution in [-0.4, -0.2) is 58.3 Å². The van der Waals surface area contributed by atoms with E-state index >= 15 is 0 Å². The van der Waals surface area contributed by atoms with Crippen molar-refractivity contribution in [2.45, 2.75) is 76.0 Å². The number of carbonyl (C=O) groups excluding carboxylic acids is 1. The summed E-state index contributed by atoms with van der Waals surface area (Å²) in [4.78, 5) is 32.8. The Morgan fingerprint density at radius 1 is 1.00 bits per heavy atom. The van der Waals surface area contributed by atoms with Gasteiger partial charge in [-0.05, 0) is 69.4 Å². The zero-order valence-electron chi connectivity index (χ0n) is 18.1. The summed E-state index contributed by atoms with van der Waals surface area (Å²) < 4.78 is 6.03. The van der Waals surface area contributed by atoms with Crippen molar-refractivity contribution < 1.29 is 19.4 Å². The summed E-state index contributed by atoms with van der Waals surface area (Å²) in [5.74, 6) is 0.0319. The molecule has 0 bridgehead atoms. The van der Waals surface area contributed by atoms with Crippen molar-refractivity contribution in [1.29, 1.82) is 0 Å². The van der Waals surface area contributed by atoms with Crippen LogP contribution in [0.2, 0.25) is 0 Å². The predicted octanol–water partition coefficient (Wildman–Crippen LogP) is 3.93. The molecule has 31 heavy (non-hydrogen) atoms. The summed E-state index contributed by atoms with van der Waals surface area (Å²) in [5.41, 5.74) is 1.20. The van der Waals surface area contributed by atoms with Gasteiger partial charge in [-0.2, -0.15) is 0 Å². The fourth-order valence-corrected chi connectivity index (χ4v) is 6.63. The third-order valence-corrected chi connectivity index (χ3v) is 8.26. The van der Waals surface area contributed by atoms with E-state index in [9.17, 15) is 14.7 Å². The van der Waals surface area contributed by atoms with Gasteiger partial charge in [0.2, 0.25) is 0 Å². The molecule has 2 saturated carbocycles. The Morgan fingerprint density at radius 3 is 2.39 bits per heavy atom. The number of aliphatic carboxylic acids is 1. The molecule has 2 aliphatic heterocycles. The van der Waals surface area contributed by atoms with Crippen LogP contribution in [-0.2, 0) is 9.53 Å². The molecule has 168 valence electrons. The average molecular weight is 428 g/mol. The van der Waals surface area contributed by atoms with E-state index in [0.29, 0.717) is 11.8 Å². The molecule has 7 heteroatoms. The van der Waals surface area contributed by atoms with Crippen molar-refractivity contribution in [2.24, 2.45) is 17.8 Å². The maximum atomic E-state index is 13.0. The Kier molecular flexibility index (Phi) is 5.76. The molecule has 4 fully saturated rings. The second-order valence-corrected chi connectivity index (χ2v) is 9.79. The summed E-state index contributed by atoms with van der Waals surface area (Å²) >= 11 is 0. The second kappa shape index (κ2) is 8.67. The number of carboxylic acid groups (broad SMARTS) is 1. The van der Waals surface area contributed by atoms with Crippen LogP contribution in [0.4, 0.5) is 10.5 Å². The molecule has 3 atom stereocenters. The third-order valence-electron chi connectivity index (χ3n) is 8.26. The largest absolute Gasteiger partial charge is 0.481 e. The van der Waals surface area contributed by atoms with E-state index in [4.69, 9.17) is 4.74 Å². The minimum Gasteiger partial charge on any atom is -0.481 e. The molecule has 0 aromatic carbocycles. The van der Waals surface area contributed by atoms with Gasteiger partial charge in [0.15, 0.2) is 0 Å². The number of hydrogen-bond donors (Lipinski definition) is 1. The standard InChI is InChI=1S/C24H33N3O4/c28-23(29)17-6-4-16(5-7-17)20-2-1-3-21-22(20)31-24(30)27(21)19-10-14-26(15-11-19)18-8-12-25-13-9-18/h8-9,12-13,16-17,19-22H,1-7,10-11,14-15H2,(H,28,29). The lowest BCUT2D eigenvalue weighted by molar-refractivity contribution is -0.143. The van der Waals surface area contributed by atoms with Crippen LogP contribution in [0.1, 0.15) is 57.8 Å². The molecule has 7 nitrogen and oxygen atoms in total. The smallest absolute Gasteiger partial charge is 0.410 e. The Labute approximate surface area is 183 Å². The van der Waals surface area contributed by atoms with Gasteiger partial charge in [-0.1, -0.05) is 6.42 Å². The highest BCUT2D eigenvalue weighted by molar-refractivity contribution is 5.71. The number of carbonyl (C=O) groups is 2. The Balaban J connectivity index is 1.22. The van der Waals surface area contributed by atoms with Gasteiger partial charge >= 0.3 is 12.1 Å². The first-order valence-corrected chi connectivity index (χ1v) is 12.0. The molecule has 5 rings (SSSR count). The van der Waals surface area contributed by atoms with Gasteiger partial charge in [0, 0.05) is 43.1 Å². The van der Waals surface area contributed by atoms with Crippen LogP contribution in [0.5, 0.6) is 0 Å². The van der Waals surface area contributed by atoms with Gasteiger partial charge in [0.1, 0.15) is 6.10 Å². The van der Waals surface area contributed by atoms with E-state index in [1.807, 2.05) is 24.5 Å². The van der Waals surface area contributed by atoms with Gasteiger partial charge in [-0.25, -0.2) is 4.79 Å². The minimum atomic E-state index is -0.656. The topological polar surface area (TPSA) is 83.0 Å². The van der Waals surface area contributed by atoms with Crippen molar-refractivity contribution in [1.82, 2.24) is 9.88 Å². The van der Waals surface area contributed by atoms with E-state index in [-0.39, 0.29) is 30.2 Å². The Morgan fingerprint density at radius 2 is 1.71 bits per heavy atom. The van der Waals surface area contributed by atoms with E-state index in [1.54, 1.807) is 0 Å². The van der Waals surface area contributed by atoms with Gasteiger partial charge in [0.25, 0.3) is 0 Å². The van der Waals surface area contributed by atoms with E-state index in [2.05, 4.69) is 14.8 Å². The number of fused-ring (bicyclic) bond motifs is 1. The second-order valence-electron chi connectivity index (χ2n) is 9.79. The number of anilines is 1. The fraction of sp³-hybridized carbons (Fsp3) is 0.708. The monoisotopic (exact) mass is 427 g/mol. The highest BCUT2D eigenvalue weighted by Gasteiger charge is 2.52. The molecule has 4 aliphatic rings. The van der Waals surface area contributed by atoms with Gasteiger partial charge in [-0.3, -0.25) is 14.7 Å². The lowest BCUT2D eigenvalue weighted by Crippen LogP contribution is -2.52. The van der Waals surface area contributed by atoms with Crippen molar-refractivity contribution >= 4 is 17.7 Å². The Hall–Kier alpha value is -2.31. The number of pyridine rings is 1. The van der Waals surface area contributed by atoms with E-state index in [0.717, 1.165) is 70.9 Å². The number of hydrogen-bond acceptors (Lipinski definition) is 5. The predicted molar refractivity (Wildman–Crippen MR) is 116 cm³/mol. The summed E-state index contributed by atoms with van der Waals surface area (Å²) in [6, 6.07) is 4.54. The summed E-state index contributed by atoms with van der Waals surface area (Å²) in [5, 5.41) is 9.31. The van der Waals surface area contributed by atoms with E-state index < -0.39 is 5.97 Å². The van der Waals surface area contributed by atoms with Crippen LogP contribution >= 0.6 is 0 Å². The Bertz CT molecular complexity index is 787. The highest BCUT2D eigenvalue weighted by Crippen LogP contribution is 2.45. The van der Waals surface area contributed by atoms with Gasteiger partial charge in [-0.15, -0.1) is 0 Å². The van der Waals surface area contributed by atoms with Crippen LogP contribution in [0.15, 0.2) is 24.5 Å². The van der Waals surface area contributed by atoms with Crippen molar-refractivity contribution in [2.75, 3.05) is 18.0 Å². The van der Waals surface area contributed by atoms with Gasteiger partial charge < -0.3 is 14.7 Å².